The van der Waals surface area contributed by atoms with E-state index in [2.05, 4.69) is 29.5 Å². The van der Waals surface area contributed by atoms with Crippen molar-refractivity contribution in [1.29, 1.82) is 0 Å². The van der Waals surface area contributed by atoms with Gasteiger partial charge in [0.05, 0.1) is 24.1 Å². The van der Waals surface area contributed by atoms with E-state index in [4.69, 9.17) is 4.74 Å². The van der Waals surface area contributed by atoms with Crippen molar-refractivity contribution in [2.45, 2.75) is 13.3 Å². The monoisotopic (exact) mass is 295 g/mol. The summed E-state index contributed by atoms with van der Waals surface area (Å²) in [6.45, 7) is 7.21. The van der Waals surface area contributed by atoms with Crippen LogP contribution in [0.2, 0.25) is 0 Å². The first kappa shape index (κ1) is 15.8. The van der Waals surface area contributed by atoms with Crippen LogP contribution in [0.5, 0.6) is 5.75 Å². The van der Waals surface area contributed by atoms with Crippen LogP contribution >= 0.6 is 0 Å². The van der Waals surface area contributed by atoms with Crippen molar-refractivity contribution < 1.29 is 4.74 Å². The summed E-state index contributed by atoms with van der Waals surface area (Å²) < 4.78 is 5.70. The predicted molar refractivity (Wildman–Crippen MR) is 89.3 cm³/mol. The zero-order chi connectivity index (χ0) is 15.6. The average Bonchev–Trinajstić information content (AvgIpc) is 2.59. The van der Waals surface area contributed by atoms with Crippen LogP contribution in [-0.2, 0) is 0 Å². The number of pyridine rings is 2. The molecule has 0 amide bonds. The van der Waals surface area contributed by atoms with E-state index in [0.717, 1.165) is 30.1 Å². The first-order chi connectivity index (χ1) is 10.8. The molecule has 0 aromatic carbocycles. The van der Waals surface area contributed by atoms with Gasteiger partial charge in [-0.25, -0.2) is 0 Å². The van der Waals surface area contributed by atoms with Gasteiger partial charge in [0.15, 0.2) is 0 Å². The van der Waals surface area contributed by atoms with E-state index >= 15 is 0 Å². The Morgan fingerprint density at radius 1 is 1.18 bits per heavy atom. The van der Waals surface area contributed by atoms with Crippen LogP contribution in [0.4, 0.5) is 0 Å². The molecular formula is C18H21N3O. The van der Waals surface area contributed by atoms with Gasteiger partial charge in [0, 0.05) is 6.20 Å². The average molecular weight is 295 g/mol. The predicted octanol–water partition coefficient (Wildman–Crippen LogP) is 3.89. The van der Waals surface area contributed by atoms with Crippen molar-refractivity contribution in [3.63, 3.8) is 0 Å². The lowest BCUT2D eigenvalue weighted by atomic mass is 10.2. The molecular weight excluding hydrogens is 274 g/mol. The molecule has 2 aromatic rings. The highest BCUT2D eigenvalue weighted by Crippen LogP contribution is 2.16. The first-order valence-corrected chi connectivity index (χ1v) is 7.38. The van der Waals surface area contributed by atoms with Gasteiger partial charge in [0.2, 0.25) is 0 Å². The second-order valence-corrected chi connectivity index (χ2v) is 4.66. The molecule has 114 valence electrons. The lowest BCUT2D eigenvalue weighted by Crippen LogP contribution is -2.17. The third-order valence-corrected chi connectivity index (χ3v) is 3.05. The van der Waals surface area contributed by atoms with E-state index in [0.29, 0.717) is 6.61 Å². The van der Waals surface area contributed by atoms with Crippen LogP contribution < -0.4 is 4.74 Å². The fourth-order valence-corrected chi connectivity index (χ4v) is 1.87. The smallest absolute Gasteiger partial charge is 0.137 e. The topological polar surface area (TPSA) is 38.2 Å². The van der Waals surface area contributed by atoms with Crippen molar-refractivity contribution in [1.82, 2.24) is 14.9 Å². The minimum absolute atomic E-state index is 0.574. The van der Waals surface area contributed by atoms with Crippen LogP contribution in [0.3, 0.4) is 0 Å². The molecule has 2 heterocycles. The molecule has 0 N–H and O–H groups in total. The summed E-state index contributed by atoms with van der Waals surface area (Å²) in [7, 11) is 0. The quantitative estimate of drug-likeness (QED) is 0.740. The second kappa shape index (κ2) is 8.62. The zero-order valence-corrected chi connectivity index (χ0v) is 12.9. The summed E-state index contributed by atoms with van der Waals surface area (Å²) in [5, 5.41) is 0. The molecule has 4 nitrogen and oxygen atoms in total. The normalized spacial score (nSPS) is 10.6. The molecule has 0 fully saturated rings. The molecule has 0 aliphatic carbocycles. The lowest BCUT2D eigenvalue weighted by Gasteiger charge is -2.15. The Morgan fingerprint density at radius 3 is 2.68 bits per heavy atom. The van der Waals surface area contributed by atoms with Gasteiger partial charge in [-0.15, -0.1) is 0 Å². The molecule has 0 atom stereocenters. The third kappa shape index (κ3) is 4.74. The molecule has 0 spiro atoms. The molecule has 0 unspecified atom stereocenters. The summed E-state index contributed by atoms with van der Waals surface area (Å²) in [6.07, 6.45) is 10.4. The van der Waals surface area contributed by atoms with E-state index in [1.54, 1.807) is 18.6 Å². The molecule has 2 rings (SSSR count). The molecule has 0 saturated heterocycles. The van der Waals surface area contributed by atoms with Crippen molar-refractivity contribution >= 4 is 0 Å². The minimum atomic E-state index is 0.574. The van der Waals surface area contributed by atoms with Crippen LogP contribution in [0, 0.1) is 0 Å². The highest BCUT2D eigenvalue weighted by atomic mass is 16.5. The highest BCUT2D eigenvalue weighted by molar-refractivity contribution is 5.53. The summed E-state index contributed by atoms with van der Waals surface area (Å²) in [5.74, 6) is 0.753. The van der Waals surface area contributed by atoms with Gasteiger partial charge in [-0.3, -0.25) is 9.97 Å². The maximum Gasteiger partial charge on any atom is 0.137 e. The van der Waals surface area contributed by atoms with E-state index in [1.807, 2.05) is 41.4 Å². The largest absolute Gasteiger partial charge is 0.490 e. The second-order valence-electron chi connectivity index (χ2n) is 4.66. The standard InChI is InChI=1S/C18H21N3O/c1-3-5-12-21(4-2)13-14-22-16-9-10-18(20-15-16)17-8-6-7-11-19-17/h4-12,15H,2-3,13-14H2,1H3/b12-5-. The zero-order valence-electron chi connectivity index (χ0n) is 12.9. The number of allylic oxidation sites excluding steroid dienone is 1. The summed E-state index contributed by atoms with van der Waals surface area (Å²) in [4.78, 5) is 10.7. The highest BCUT2D eigenvalue weighted by Gasteiger charge is 2.01. The molecule has 0 aliphatic heterocycles. The van der Waals surface area contributed by atoms with E-state index in [9.17, 15) is 0 Å². The van der Waals surface area contributed by atoms with Crippen molar-refractivity contribution in [3.8, 4) is 17.1 Å². The fourth-order valence-electron chi connectivity index (χ4n) is 1.87. The van der Waals surface area contributed by atoms with Crippen LogP contribution in [0.15, 0.2) is 67.8 Å². The Bertz CT molecular complexity index is 593. The number of rotatable bonds is 8. The number of nitrogens with zero attached hydrogens (tertiary/aromatic N) is 3. The minimum Gasteiger partial charge on any atom is -0.490 e. The van der Waals surface area contributed by atoms with Gasteiger partial charge in [-0.1, -0.05) is 25.6 Å². The SMILES string of the molecule is C=CN(/C=C\CC)CCOc1ccc(-c2ccccn2)nc1. The van der Waals surface area contributed by atoms with Crippen LogP contribution in [0.1, 0.15) is 13.3 Å². The van der Waals surface area contributed by atoms with E-state index in [-0.39, 0.29) is 0 Å². The molecule has 0 bridgehead atoms. The number of aromatic nitrogens is 2. The molecule has 2 aromatic heterocycles. The van der Waals surface area contributed by atoms with Gasteiger partial charge in [0.1, 0.15) is 12.4 Å². The van der Waals surface area contributed by atoms with Crippen LogP contribution in [0.25, 0.3) is 11.4 Å². The van der Waals surface area contributed by atoms with Gasteiger partial charge in [-0.05, 0) is 43.1 Å². The van der Waals surface area contributed by atoms with Crippen molar-refractivity contribution in [3.05, 3.63) is 67.8 Å². The van der Waals surface area contributed by atoms with Crippen molar-refractivity contribution in [2.75, 3.05) is 13.2 Å². The Morgan fingerprint density at radius 2 is 2.05 bits per heavy atom. The fraction of sp³-hybridized carbons (Fsp3) is 0.222. The van der Waals surface area contributed by atoms with E-state index in [1.165, 1.54) is 0 Å². The van der Waals surface area contributed by atoms with Gasteiger partial charge < -0.3 is 9.64 Å². The lowest BCUT2D eigenvalue weighted by molar-refractivity contribution is 0.283. The summed E-state index contributed by atoms with van der Waals surface area (Å²) >= 11 is 0. The molecule has 0 radical (unpaired) electrons. The Kier molecular flexibility index (Phi) is 6.18. The molecule has 4 heteroatoms. The molecule has 22 heavy (non-hydrogen) atoms. The van der Waals surface area contributed by atoms with Crippen LogP contribution in [-0.4, -0.2) is 28.0 Å². The maximum atomic E-state index is 5.70. The summed E-state index contributed by atoms with van der Waals surface area (Å²) in [6, 6.07) is 9.60. The maximum absolute atomic E-state index is 5.70. The Hall–Kier alpha value is -2.62. The Balaban J connectivity index is 1.87. The van der Waals surface area contributed by atoms with Gasteiger partial charge in [0.25, 0.3) is 0 Å². The number of hydrogen-bond acceptors (Lipinski definition) is 4. The van der Waals surface area contributed by atoms with Gasteiger partial charge in [-0.2, -0.15) is 0 Å². The van der Waals surface area contributed by atoms with Gasteiger partial charge >= 0.3 is 0 Å². The van der Waals surface area contributed by atoms with Crippen molar-refractivity contribution in [2.24, 2.45) is 0 Å². The third-order valence-electron chi connectivity index (χ3n) is 3.05. The van der Waals surface area contributed by atoms with E-state index < -0.39 is 0 Å². The number of ether oxygens (including phenoxy) is 1. The Labute approximate surface area is 131 Å². The molecule has 0 saturated carbocycles. The molecule has 0 aliphatic rings. The first-order valence-electron chi connectivity index (χ1n) is 7.38. The summed E-state index contributed by atoms with van der Waals surface area (Å²) in [5.41, 5.74) is 1.70. The number of hydrogen-bond donors (Lipinski definition) is 0.